The van der Waals surface area contributed by atoms with Crippen LogP contribution in [0.5, 0.6) is 5.75 Å². The van der Waals surface area contributed by atoms with Crippen LogP contribution in [-0.2, 0) is 9.53 Å². The van der Waals surface area contributed by atoms with E-state index in [0.717, 1.165) is 36.4 Å². The van der Waals surface area contributed by atoms with Crippen LogP contribution in [0.2, 0.25) is 0 Å². The maximum absolute atomic E-state index is 13.9. The average molecular weight is 418 g/mol. The third-order valence-corrected chi connectivity index (χ3v) is 3.42. The Labute approximate surface area is 161 Å². The van der Waals surface area contributed by atoms with Crippen molar-refractivity contribution in [3.63, 3.8) is 0 Å². The maximum Gasteiger partial charge on any atom is 0.460 e. The second-order valence-corrected chi connectivity index (χ2v) is 5.54. The van der Waals surface area contributed by atoms with Crippen molar-refractivity contribution in [1.29, 1.82) is 0 Å². The molecule has 0 spiro atoms. The van der Waals surface area contributed by atoms with Crippen molar-refractivity contribution in [2.75, 3.05) is 11.9 Å². The van der Waals surface area contributed by atoms with Gasteiger partial charge in [0.15, 0.2) is 0 Å². The van der Waals surface area contributed by atoms with Crippen molar-refractivity contribution in [2.45, 2.75) is 18.8 Å². The molecule has 6 nitrogen and oxygen atoms in total. The molecule has 2 aromatic carbocycles. The number of anilines is 1. The number of urea groups is 1. The predicted molar refractivity (Wildman–Crippen MR) is 91.0 cm³/mol. The number of rotatable bonds is 6. The van der Waals surface area contributed by atoms with Crippen molar-refractivity contribution in [1.82, 2.24) is 5.32 Å². The lowest BCUT2D eigenvalue weighted by molar-refractivity contribution is -0.259. The first-order chi connectivity index (χ1) is 13.6. The van der Waals surface area contributed by atoms with Crippen LogP contribution in [0.25, 0.3) is 0 Å². The summed E-state index contributed by atoms with van der Waals surface area (Å²) in [5, 5.41) is 3.36. The van der Waals surface area contributed by atoms with Gasteiger partial charge in [-0.3, -0.25) is 5.32 Å². The summed E-state index contributed by atoms with van der Waals surface area (Å²) in [5.41, 5.74) is -4.12. The minimum atomic E-state index is -5.48. The third-order valence-electron chi connectivity index (χ3n) is 3.42. The Hall–Kier alpha value is -3.37. The highest BCUT2D eigenvalue weighted by Crippen LogP contribution is 2.34. The lowest BCUT2D eigenvalue weighted by atomic mass is 10.2. The number of halogens is 5. The molecule has 0 unspecified atom stereocenters. The van der Waals surface area contributed by atoms with Crippen LogP contribution < -0.4 is 15.4 Å². The number of ether oxygens (including phenoxy) is 2. The van der Waals surface area contributed by atoms with Crippen molar-refractivity contribution >= 4 is 17.7 Å². The fourth-order valence-electron chi connectivity index (χ4n) is 2.16. The van der Waals surface area contributed by atoms with E-state index in [1.54, 1.807) is 0 Å². The first-order valence-electron chi connectivity index (χ1n) is 8.10. The molecule has 2 N–H and O–H groups in total. The zero-order chi connectivity index (χ0) is 21.7. The Kier molecular flexibility index (Phi) is 6.62. The van der Waals surface area contributed by atoms with Gasteiger partial charge in [0, 0.05) is 5.69 Å². The third kappa shape index (κ3) is 5.33. The van der Waals surface area contributed by atoms with Gasteiger partial charge in [-0.05, 0) is 49.4 Å². The van der Waals surface area contributed by atoms with Crippen molar-refractivity contribution in [2.24, 2.45) is 0 Å². The average Bonchev–Trinajstić information content (AvgIpc) is 2.62. The van der Waals surface area contributed by atoms with E-state index in [9.17, 15) is 31.5 Å². The summed E-state index contributed by atoms with van der Waals surface area (Å²) in [6.45, 7) is 0.806. The molecule has 0 bridgehead atoms. The van der Waals surface area contributed by atoms with Gasteiger partial charge in [-0.2, -0.15) is 13.2 Å². The lowest BCUT2D eigenvalue weighted by Gasteiger charge is -2.33. The molecule has 2 rings (SSSR count). The van der Waals surface area contributed by atoms with Gasteiger partial charge >= 0.3 is 23.9 Å². The first kappa shape index (κ1) is 21.9. The van der Waals surface area contributed by atoms with E-state index in [4.69, 9.17) is 4.74 Å². The van der Waals surface area contributed by atoms with E-state index in [2.05, 4.69) is 4.74 Å². The lowest BCUT2D eigenvalue weighted by Crippen LogP contribution is -2.69. The Morgan fingerprint density at radius 2 is 1.66 bits per heavy atom. The largest absolute Gasteiger partial charge is 0.461 e. The fourth-order valence-corrected chi connectivity index (χ4v) is 2.16. The number of esters is 1. The molecule has 0 aromatic heterocycles. The van der Waals surface area contributed by atoms with E-state index in [0.29, 0.717) is 0 Å². The highest BCUT2D eigenvalue weighted by atomic mass is 19.4. The van der Waals surface area contributed by atoms with E-state index in [1.807, 2.05) is 5.32 Å². The van der Waals surface area contributed by atoms with E-state index in [1.165, 1.54) is 24.4 Å². The summed E-state index contributed by atoms with van der Waals surface area (Å²) in [4.78, 5) is 24.3. The van der Waals surface area contributed by atoms with Crippen LogP contribution in [0.4, 0.5) is 32.4 Å². The molecule has 0 radical (unpaired) electrons. The number of benzene rings is 2. The Morgan fingerprint density at radius 3 is 2.21 bits per heavy atom. The van der Waals surface area contributed by atoms with Gasteiger partial charge in [-0.15, -0.1) is 0 Å². The maximum atomic E-state index is 13.9. The summed E-state index contributed by atoms with van der Waals surface area (Å²) < 4.78 is 77.1. The summed E-state index contributed by atoms with van der Waals surface area (Å²) >= 11 is 0. The van der Waals surface area contributed by atoms with Crippen LogP contribution in [-0.4, -0.2) is 30.5 Å². The molecule has 0 aliphatic carbocycles. The monoisotopic (exact) mass is 418 g/mol. The molecule has 2 amide bonds. The number of hydrogen-bond donors (Lipinski definition) is 2. The van der Waals surface area contributed by atoms with E-state index >= 15 is 0 Å². The summed E-state index contributed by atoms with van der Waals surface area (Å²) in [7, 11) is 0. The normalized spacial score (nSPS) is 13.2. The second kappa shape index (κ2) is 8.76. The Morgan fingerprint density at radius 1 is 1.00 bits per heavy atom. The van der Waals surface area contributed by atoms with Gasteiger partial charge in [0.05, 0.1) is 6.61 Å². The van der Waals surface area contributed by atoms with Crippen LogP contribution in [0.3, 0.4) is 0 Å². The van der Waals surface area contributed by atoms with E-state index in [-0.39, 0.29) is 5.69 Å². The number of alkyl halides is 3. The van der Waals surface area contributed by atoms with Gasteiger partial charge in [0.1, 0.15) is 17.4 Å². The number of hydrogen-bond acceptors (Lipinski definition) is 4. The van der Waals surface area contributed by atoms with Gasteiger partial charge in [0.2, 0.25) is 0 Å². The van der Waals surface area contributed by atoms with Crippen molar-refractivity contribution < 1.29 is 41.0 Å². The molecular weight excluding hydrogens is 403 g/mol. The van der Waals surface area contributed by atoms with Crippen LogP contribution in [0, 0.1) is 11.6 Å². The quantitative estimate of drug-likeness (QED) is 0.423. The fraction of sp³-hybridized carbons (Fsp3) is 0.222. The summed E-state index contributed by atoms with van der Waals surface area (Å²) in [5.74, 6) is -4.03. The molecule has 29 heavy (non-hydrogen) atoms. The van der Waals surface area contributed by atoms with Gasteiger partial charge < -0.3 is 14.8 Å². The van der Waals surface area contributed by atoms with Crippen molar-refractivity contribution in [3.8, 4) is 5.75 Å². The van der Waals surface area contributed by atoms with Crippen LogP contribution in [0.1, 0.15) is 6.92 Å². The SMILES string of the molecule is CCOC(=O)[C@@](NC(=O)Nc1cccc(F)c1)(Oc1ccc(F)cc1)C(F)(F)F. The number of nitrogens with one attached hydrogen (secondary N) is 2. The zero-order valence-electron chi connectivity index (χ0n) is 14.8. The molecule has 2 aromatic rings. The number of carbonyl (C=O) groups excluding carboxylic acids is 2. The molecule has 0 saturated carbocycles. The molecule has 11 heteroatoms. The minimum absolute atomic E-state index is 0.177. The van der Waals surface area contributed by atoms with Gasteiger partial charge in [-0.1, -0.05) is 6.07 Å². The van der Waals surface area contributed by atoms with Gasteiger partial charge in [-0.25, -0.2) is 18.4 Å². The molecule has 0 heterocycles. The highest BCUT2D eigenvalue weighted by Gasteiger charge is 2.66. The molecule has 0 saturated heterocycles. The molecule has 1 atom stereocenters. The number of carbonyl (C=O) groups is 2. The first-order valence-corrected chi connectivity index (χ1v) is 8.10. The zero-order valence-corrected chi connectivity index (χ0v) is 14.8. The minimum Gasteiger partial charge on any atom is -0.461 e. The van der Waals surface area contributed by atoms with Crippen molar-refractivity contribution in [3.05, 3.63) is 60.2 Å². The predicted octanol–water partition coefficient (Wildman–Crippen LogP) is 3.99. The van der Waals surface area contributed by atoms with E-state index < -0.39 is 47.9 Å². The van der Waals surface area contributed by atoms with Gasteiger partial charge in [0.25, 0.3) is 0 Å². The van der Waals surface area contributed by atoms with Crippen LogP contribution >= 0.6 is 0 Å². The molecular formula is C18H15F5N2O4. The molecule has 0 aliphatic heterocycles. The summed E-state index contributed by atoms with van der Waals surface area (Å²) in [6, 6.07) is 6.07. The highest BCUT2D eigenvalue weighted by molar-refractivity contribution is 5.94. The molecule has 156 valence electrons. The topological polar surface area (TPSA) is 76.7 Å². The second-order valence-electron chi connectivity index (χ2n) is 5.54. The Balaban J connectivity index is 2.39. The smallest absolute Gasteiger partial charge is 0.460 e. The molecule has 0 fully saturated rings. The Bertz CT molecular complexity index is 873. The van der Waals surface area contributed by atoms with Crippen LogP contribution in [0.15, 0.2) is 48.5 Å². The molecule has 0 aliphatic rings. The number of amides is 2. The summed E-state index contributed by atoms with van der Waals surface area (Å²) in [6.07, 6.45) is -5.48. The standard InChI is InChI=1S/C18H15F5N2O4/c1-2-28-15(26)17(18(21,22)23,29-14-8-6-11(19)7-9-14)25-16(27)24-13-5-3-4-12(20)10-13/h3-10H,2H2,1H3,(H2,24,25,27)/t17-/m1/s1.